The van der Waals surface area contributed by atoms with Crippen molar-refractivity contribution < 1.29 is 27.1 Å². The van der Waals surface area contributed by atoms with Crippen molar-refractivity contribution in [1.82, 2.24) is 0 Å². The number of benzene rings is 2. The van der Waals surface area contributed by atoms with Crippen molar-refractivity contribution in [2.24, 2.45) is 5.14 Å². The number of halogens is 1. The Labute approximate surface area is 150 Å². The average molecular weight is 380 g/mol. The van der Waals surface area contributed by atoms with E-state index in [0.717, 1.165) is 0 Å². The van der Waals surface area contributed by atoms with Gasteiger partial charge in [0.15, 0.2) is 6.10 Å². The molecular weight excluding hydrogens is 363 g/mol. The summed E-state index contributed by atoms with van der Waals surface area (Å²) in [6.07, 6.45) is -1.26. The predicted octanol–water partition coefficient (Wildman–Crippen LogP) is 1.59. The highest BCUT2D eigenvalue weighted by molar-refractivity contribution is 7.89. The van der Waals surface area contributed by atoms with Gasteiger partial charge in [-0.2, -0.15) is 0 Å². The number of ether oxygens (including phenoxy) is 1. The molecule has 1 amide bonds. The molecule has 0 bridgehead atoms. The molecule has 0 unspecified atom stereocenters. The smallest absolute Gasteiger partial charge is 0.311 e. The second-order valence-electron chi connectivity index (χ2n) is 5.50. The fourth-order valence-corrected chi connectivity index (χ4v) is 2.59. The van der Waals surface area contributed by atoms with Crippen LogP contribution in [-0.4, -0.2) is 26.4 Å². The first kappa shape index (κ1) is 19.5. The first-order valence-electron chi connectivity index (χ1n) is 7.53. The monoisotopic (exact) mass is 380 g/mol. The van der Waals surface area contributed by atoms with Gasteiger partial charge in [-0.05, 0) is 48.9 Å². The maximum atomic E-state index is 13.1. The highest BCUT2D eigenvalue weighted by Crippen LogP contribution is 2.13. The van der Waals surface area contributed by atoms with E-state index in [0.29, 0.717) is 11.3 Å². The quantitative estimate of drug-likeness (QED) is 0.739. The Morgan fingerprint density at radius 3 is 2.42 bits per heavy atom. The summed E-state index contributed by atoms with van der Waals surface area (Å²) in [4.78, 5) is 23.8. The Bertz CT molecular complexity index is 913. The van der Waals surface area contributed by atoms with Gasteiger partial charge >= 0.3 is 5.97 Å². The first-order chi connectivity index (χ1) is 12.1. The number of hydrogen-bond donors (Lipinski definition) is 2. The van der Waals surface area contributed by atoms with Gasteiger partial charge in [0.2, 0.25) is 10.0 Å². The third kappa shape index (κ3) is 5.64. The number of rotatable bonds is 6. The van der Waals surface area contributed by atoms with Crippen LogP contribution in [0.15, 0.2) is 53.4 Å². The molecule has 0 aliphatic rings. The summed E-state index contributed by atoms with van der Waals surface area (Å²) in [6.45, 7) is 1.39. The number of anilines is 1. The van der Waals surface area contributed by atoms with Gasteiger partial charge in [-0.3, -0.25) is 9.59 Å². The van der Waals surface area contributed by atoms with Crippen LogP contribution < -0.4 is 10.5 Å². The van der Waals surface area contributed by atoms with Crippen LogP contribution in [0.1, 0.15) is 12.5 Å². The molecule has 0 saturated carbocycles. The summed E-state index contributed by atoms with van der Waals surface area (Å²) in [5.74, 6) is -1.74. The summed E-state index contributed by atoms with van der Waals surface area (Å²) >= 11 is 0. The summed E-state index contributed by atoms with van der Waals surface area (Å²) in [5.41, 5.74) is 0.747. The van der Waals surface area contributed by atoms with Gasteiger partial charge in [-0.15, -0.1) is 0 Å². The number of carbonyl (C=O) groups is 2. The number of amides is 1. The Balaban J connectivity index is 1.91. The minimum atomic E-state index is -3.82. The second kappa shape index (κ2) is 8.07. The first-order valence-corrected chi connectivity index (χ1v) is 9.07. The maximum absolute atomic E-state index is 13.1. The van der Waals surface area contributed by atoms with Crippen molar-refractivity contribution in [1.29, 1.82) is 0 Å². The van der Waals surface area contributed by atoms with Gasteiger partial charge in [0, 0.05) is 5.69 Å². The summed E-state index contributed by atoms with van der Waals surface area (Å²) in [7, 11) is -3.82. The summed E-state index contributed by atoms with van der Waals surface area (Å²) in [5, 5.41) is 7.47. The molecule has 0 aromatic heterocycles. The third-order valence-corrected chi connectivity index (χ3v) is 4.29. The Morgan fingerprint density at radius 1 is 1.19 bits per heavy atom. The van der Waals surface area contributed by atoms with Crippen LogP contribution in [0.4, 0.5) is 10.1 Å². The zero-order valence-corrected chi connectivity index (χ0v) is 14.6. The molecule has 2 aromatic rings. The molecule has 2 rings (SSSR count). The van der Waals surface area contributed by atoms with E-state index < -0.39 is 33.8 Å². The van der Waals surface area contributed by atoms with Crippen molar-refractivity contribution in [2.75, 3.05) is 5.32 Å². The van der Waals surface area contributed by atoms with Crippen LogP contribution in [0, 0.1) is 5.82 Å². The lowest BCUT2D eigenvalue weighted by molar-refractivity contribution is -0.152. The Hall–Kier alpha value is -2.78. The molecule has 0 aliphatic carbocycles. The van der Waals surface area contributed by atoms with E-state index in [9.17, 15) is 22.4 Å². The van der Waals surface area contributed by atoms with Crippen molar-refractivity contribution in [3.05, 3.63) is 59.9 Å². The number of nitrogens with two attached hydrogens (primary N) is 1. The topological polar surface area (TPSA) is 116 Å². The van der Waals surface area contributed by atoms with Crippen LogP contribution in [0.2, 0.25) is 0 Å². The number of sulfonamides is 1. The molecule has 1 atom stereocenters. The molecule has 2 aromatic carbocycles. The SMILES string of the molecule is C[C@@H](OC(=O)Cc1cccc(F)c1)C(=O)Nc1ccc(S(N)(=O)=O)cc1. The molecule has 26 heavy (non-hydrogen) atoms. The molecular formula is C17H17FN2O5S. The van der Waals surface area contributed by atoms with E-state index in [1.54, 1.807) is 6.07 Å². The van der Waals surface area contributed by atoms with E-state index >= 15 is 0 Å². The summed E-state index contributed by atoms with van der Waals surface area (Å²) in [6, 6.07) is 10.7. The molecule has 7 nitrogen and oxygen atoms in total. The molecule has 9 heteroatoms. The van der Waals surface area contributed by atoms with Crippen LogP contribution in [0.25, 0.3) is 0 Å². The number of carbonyl (C=O) groups excluding carboxylic acids is 2. The zero-order chi connectivity index (χ0) is 19.3. The highest BCUT2D eigenvalue weighted by atomic mass is 32.2. The lowest BCUT2D eigenvalue weighted by atomic mass is 10.1. The van der Waals surface area contributed by atoms with E-state index in [-0.39, 0.29) is 11.3 Å². The van der Waals surface area contributed by atoms with Crippen LogP contribution in [-0.2, 0) is 30.8 Å². The summed E-state index contributed by atoms with van der Waals surface area (Å²) < 4.78 is 40.5. The van der Waals surface area contributed by atoms with Gasteiger partial charge in [0.25, 0.3) is 5.91 Å². The van der Waals surface area contributed by atoms with Crippen molar-refractivity contribution >= 4 is 27.6 Å². The third-order valence-electron chi connectivity index (χ3n) is 3.37. The standard InChI is InChI=1S/C17H17FN2O5S/c1-11(25-16(21)10-12-3-2-4-13(18)9-12)17(22)20-14-5-7-15(8-6-14)26(19,23)24/h2-9,11H,10H2,1H3,(H,20,22)(H2,19,23,24)/t11-/m1/s1. The lowest BCUT2D eigenvalue weighted by Crippen LogP contribution is -2.30. The van der Waals surface area contributed by atoms with E-state index in [1.165, 1.54) is 49.4 Å². The van der Waals surface area contributed by atoms with Gasteiger partial charge < -0.3 is 10.1 Å². The molecule has 3 N–H and O–H groups in total. The van der Waals surface area contributed by atoms with Gasteiger partial charge in [-0.1, -0.05) is 12.1 Å². The predicted molar refractivity (Wildman–Crippen MR) is 92.1 cm³/mol. The zero-order valence-electron chi connectivity index (χ0n) is 13.8. The fourth-order valence-electron chi connectivity index (χ4n) is 2.08. The number of hydrogen-bond acceptors (Lipinski definition) is 5. The number of primary sulfonamides is 1. The van der Waals surface area contributed by atoms with E-state index in [4.69, 9.17) is 9.88 Å². The molecule has 138 valence electrons. The maximum Gasteiger partial charge on any atom is 0.311 e. The van der Waals surface area contributed by atoms with E-state index in [1.807, 2.05) is 0 Å². The minimum Gasteiger partial charge on any atom is -0.452 e. The van der Waals surface area contributed by atoms with Gasteiger partial charge in [-0.25, -0.2) is 17.9 Å². The molecule has 0 spiro atoms. The number of nitrogens with one attached hydrogen (secondary N) is 1. The van der Waals surface area contributed by atoms with Crippen LogP contribution >= 0.6 is 0 Å². The molecule has 0 saturated heterocycles. The Kier molecular flexibility index (Phi) is 6.06. The molecule has 0 radical (unpaired) electrons. The highest BCUT2D eigenvalue weighted by Gasteiger charge is 2.18. The normalized spacial score (nSPS) is 12.3. The van der Waals surface area contributed by atoms with Gasteiger partial charge in [0.05, 0.1) is 11.3 Å². The molecule has 0 aliphatic heterocycles. The van der Waals surface area contributed by atoms with Crippen molar-refractivity contribution in [2.45, 2.75) is 24.3 Å². The minimum absolute atomic E-state index is 0.0925. The molecule has 0 fully saturated rings. The fraction of sp³-hybridized carbons (Fsp3) is 0.176. The molecule has 0 heterocycles. The van der Waals surface area contributed by atoms with Crippen molar-refractivity contribution in [3.8, 4) is 0 Å². The lowest BCUT2D eigenvalue weighted by Gasteiger charge is -2.14. The van der Waals surface area contributed by atoms with Crippen molar-refractivity contribution in [3.63, 3.8) is 0 Å². The second-order valence-corrected chi connectivity index (χ2v) is 7.06. The largest absolute Gasteiger partial charge is 0.452 e. The number of esters is 1. The Morgan fingerprint density at radius 2 is 1.85 bits per heavy atom. The van der Waals surface area contributed by atoms with Crippen LogP contribution in [0.5, 0.6) is 0 Å². The van der Waals surface area contributed by atoms with Crippen LogP contribution in [0.3, 0.4) is 0 Å². The van der Waals surface area contributed by atoms with Gasteiger partial charge in [0.1, 0.15) is 5.82 Å². The van der Waals surface area contributed by atoms with E-state index in [2.05, 4.69) is 5.32 Å². The average Bonchev–Trinajstić information content (AvgIpc) is 2.54.